The molecule has 0 bridgehead atoms. The second-order valence-electron chi connectivity index (χ2n) is 6.60. The number of carbonyl (C=O) groups is 1. The van der Waals surface area contributed by atoms with Crippen LogP contribution in [0.5, 0.6) is 5.75 Å². The van der Waals surface area contributed by atoms with Crippen LogP contribution in [0.25, 0.3) is 10.2 Å². The Labute approximate surface area is 154 Å². The molecule has 0 fully saturated rings. The van der Waals surface area contributed by atoms with E-state index in [2.05, 4.69) is 17.2 Å². The van der Waals surface area contributed by atoms with Crippen molar-refractivity contribution in [3.8, 4) is 5.75 Å². The molecule has 0 radical (unpaired) electrons. The number of anilines is 1. The van der Waals surface area contributed by atoms with Gasteiger partial charge in [-0.15, -0.1) is 11.3 Å². The zero-order valence-corrected chi connectivity index (χ0v) is 15.3. The molecule has 0 saturated heterocycles. The first-order valence-corrected chi connectivity index (χ1v) is 9.70. The molecule has 0 unspecified atom stereocenters. The molecule has 1 aliphatic rings. The quantitative estimate of drug-likeness (QED) is 0.654. The van der Waals surface area contributed by atoms with E-state index in [-0.39, 0.29) is 11.3 Å². The molecule has 6 heteroatoms. The van der Waals surface area contributed by atoms with Gasteiger partial charge in [0.25, 0.3) is 11.5 Å². The van der Waals surface area contributed by atoms with E-state index in [1.54, 1.807) is 12.1 Å². The van der Waals surface area contributed by atoms with Gasteiger partial charge in [-0.25, -0.2) is 0 Å². The van der Waals surface area contributed by atoms with E-state index >= 15 is 0 Å². The van der Waals surface area contributed by atoms with Crippen molar-refractivity contribution in [2.75, 3.05) is 5.32 Å². The maximum atomic E-state index is 12.7. The zero-order chi connectivity index (χ0) is 18.3. The molecule has 0 aliphatic heterocycles. The maximum Gasteiger partial charge on any atom is 0.265 e. The third-order valence-electron chi connectivity index (χ3n) is 4.95. The highest BCUT2D eigenvalue weighted by Gasteiger charge is 2.25. The monoisotopic (exact) mass is 368 g/mol. The van der Waals surface area contributed by atoms with E-state index in [1.165, 1.54) is 16.2 Å². The lowest BCUT2D eigenvalue weighted by Crippen LogP contribution is -2.23. The van der Waals surface area contributed by atoms with E-state index in [4.69, 9.17) is 0 Å². The number of benzene rings is 1. The predicted octanol–water partition coefficient (Wildman–Crippen LogP) is 3.99. The number of aromatic nitrogens is 1. The summed E-state index contributed by atoms with van der Waals surface area (Å²) in [6.07, 6.45) is 4.92. The summed E-state index contributed by atoms with van der Waals surface area (Å²) in [6, 6.07) is 7.45. The van der Waals surface area contributed by atoms with Crippen LogP contribution in [0.3, 0.4) is 0 Å². The molecule has 0 spiro atoms. The standard InChI is InChI=1S/C20H20N2O3S/c1-2-11-7-9-12(10-8-11)21-18(24)16-17(23)15-13-5-3-4-6-14(13)26-20(15)22-19(16)25/h7-10H,2-6H2,1H3,(H,21,24)(H2,22,23,25). The summed E-state index contributed by atoms with van der Waals surface area (Å²) in [5.41, 5.74) is 2.05. The first kappa shape index (κ1) is 16.8. The summed E-state index contributed by atoms with van der Waals surface area (Å²) in [6.45, 7) is 2.06. The average Bonchev–Trinajstić information content (AvgIpc) is 3.00. The number of aromatic amines is 1. The normalized spacial score (nSPS) is 13.6. The van der Waals surface area contributed by atoms with Crippen LogP contribution in [0.4, 0.5) is 5.69 Å². The van der Waals surface area contributed by atoms with E-state index in [0.717, 1.165) is 43.2 Å². The average molecular weight is 368 g/mol. The molecule has 3 N–H and O–H groups in total. The number of fused-ring (bicyclic) bond motifs is 3. The van der Waals surface area contributed by atoms with Gasteiger partial charge >= 0.3 is 0 Å². The molecule has 2 heterocycles. The fourth-order valence-electron chi connectivity index (χ4n) is 3.53. The van der Waals surface area contributed by atoms with Crippen LogP contribution in [0, 0.1) is 0 Å². The van der Waals surface area contributed by atoms with Crippen molar-refractivity contribution in [3.63, 3.8) is 0 Å². The van der Waals surface area contributed by atoms with E-state index in [1.807, 2.05) is 12.1 Å². The number of aryl methyl sites for hydroxylation is 3. The Balaban J connectivity index is 1.75. The van der Waals surface area contributed by atoms with Crippen molar-refractivity contribution < 1.29 is 9.90 Å². The Morgan fingerprint density at radius 3 is 2.69 bits per heavy atom. The van der Waals surface area contributed by atoms with Crippen LogP contribution in [0.15, 0.2) is 29.1 Å². The van der Waals surface area contributed by atoms with Crippen molar-refractivity contribution in [2.24, 2.45) is 0 Å². The first-order chi connectivity index (χ1) is 12.6. The Hall–Kier alpha value is -2.60. The molecule has 1 aromatic carbocycles. The molecule has 2 aromatic heterocycles. The van der Waals surface area contributed by atoms with Crippen molar-refractivity contribution in [3.05, 3.63) is 56.2 Å². The smallest absolute Gasteiger partial charge is 0.265 e. The van der Waals surface area contributed by atoms with Crippen LogP contribution in [-0.2, 0) is 19.3 Å². The third-order valence-corrected chi connectivity index (χ3v) is 6.15. The molecular formula is C20H20N2O3S. The second kappa shape index (κ2) is 6.61. The lowest BCUT2D eigenvalue weighted by molar-refractivity contribution is 0.102. The number of hydrogen-bond acceptors (Lipinski definition) is 4. The number of hydrogen-bond donors (Lipinski definition) is 3. The highest BCUT2D eigenvalue weighted by atomic mass is 32.1. The molecule has 4 rings (SSSR count). The van der Waals surface area contributed by atoms with Gasteiger partial charge in [0.1, 0.15) is 16.1 Å². The van der Waals surface area contributed by atoms with E-state index in [0.29, 0.717) is 15.9 Å². The minimum Gasteiger partial charge on any atom is -0.506 e. The van der Waals surface area contributed by atoms with Gasteiger partial charge in [-0.3, -0.25) is 9.59 Å². The molecular weight excluding hydrogens is 348 g/mol. The number of rotatable bonds is 3. The van der Waals surface area contributed by atoms with Crippen molar-refractivity contribution in [2.45, 2.75) is 39.0 Å². The molecule has 134 valence electrons. The topological polar surface area (TPSA) is 82.2 Å². The fraction of sp³-hybridized carbons (Fsp3) is 0.300. The third kappa shape index (κ3) is 2.80. The van der Waals surface area contributed by atoms with Crippen molar-refractivity contribution >= 4 is 33.1 Å². The Bertz CT molecular complexity index is 1050. The molecule has 0 atom stereocenters. The Morgan fingerprint density at radius 1 is 1.23 bits per heavy atom. The number of pyridine rings is 1. The molecule has 1 aliphatic carbocycles. The van der Waals surface area contributed by atoms with Crippen LogP contribution in [-0.4, -0.2) is 16.0 Å². The first-order valence-electron chi connectivity index (χ1n) is 8.88. The van der Waals surface area contributed by atoms with Gasteiger partial charge in [0.15, 0.2) is 0 Å². The highest BCUT2D eigenvalue weighted by Crippen LogP contribution is 2.40. The highest BCUT2D eigenvalue weighted by molar-refractivity contribution is 7.18. The van der Waals surface area contributed by atoms with Crippen molar-refractivity contribution in [1.82, 2.24) is 4.98 Å². The summed E-state index contributed by atoms with van der Waals surface area (Å²) >= 11 is 1.51. The maximum absolute atomic E-state index is 12.7. The summed E-state index contributed by atoms with van der Waals surface area (Å²) in [5, 5.41) is 14.1. The van der Waals surface area contributed by atoms with Crippen LogP contribution >= 0.6 is 11.3 Å². The zero-order valence-electron chi connectivity index (χ0n) is 14.5. The Morgan fingerprint density at radius 2 is 1.96 bits per heavy atom. The minimum atomic E-state index is -0.592. The number of thiophene rings is 1. The summed E-state index contributed by atoms with van der Waals surface area (Å²) in [5.74, 6) is -0.795. The van der Waals surface area contributed by atoms with Crippen LogP contribution in [0.2, 0.25) is 0 Å². The Kier molecular flexibility index (Phi) is 4.28. The summed E-state index contributed by atoms with van der Waals surface area (Å²) in [4.78, 5) is 29.7. The molecule has 5 nitrogen and oxygen atoms in total. The number of amides is 1. The summed E-state index contributed by atoms with van der Waals surface area (Å²) < 4.78 is 0. The number of nitrogens with one attached hydrogen (secondary N) is 2. The summed E-state index contributed by atoms with van der Waals surface area (Å²) in [7, 11) is 0. The number of carbonyl (C=O) groups excluding carboxylic acids is 1. The van der Waals surface area contributed by atoms with Gasteiger partial charge in [-0.05, 0) is 55.4 Å². The molecule has 26 heavy (non-hydrogen) atoms. The van der Waals surface area contributed by atoms with Gasteiger partial charge in [0, 0.05) is 10.6 Å². The van der Waals surface area contributed by atoms with Gasteiger partial charge in [-0.2, -0.15) is 0 Å². The van der Waals surface area contributed by atoms with Gasteiger partial charge < -0.3 is 15.4 Å². The van der Waals surface area contributed by atoms with Gasteiger partial charge in [0.05, 0.1) is 5.39 Å². The van der Waals surface area contributed by atoms with Crippen LogP contribution < -0.4 is 10.9 Å². The lowest BCUT2D eigenvalue weighted by atomic mass is 9.96. The SMILES string of the molecule is CCc1ccc(NC(=O)c2c(O)c3c4c(sc3[nH]c2=O)CCCC4)cc1. The van der Waals surface area contributed by atoms with Crippen molar-refractivity contribution in [1.29, 1.82) is 0 Å². The van der Waals surface area contributed by atoms with Gasteiger partial charge in [-0.1, -0.05) is 19.1 Å². The van der Waals surface area contributed by atoms with Gasteiger partial charge in [0.2, 0.25) is 0 Å². The second-order valence-corrected chi connectivity index (χ2v) is 7.70. The largest absolute Gasteiger partial charge is 0.506 e. The van der Waals surface area contributed by atoms with E-state index < -0.39 is 11.5 Å². The fourth-order valence-corrected chi connectivity index (χ4v) is 4.82. The van der Waals surface area contributed by atoms with Crippen LogP contribution in [0.1, 0.15) is 46.1 Å². The number of H-pyrrole nitrogens is 1. The van der Waals surface area contributed by atoms with E-state index in [9.17, 15) is 14.7 Å². The molecule has 3 aromatic rings. The number of aromatic hydroxyl groups is 1. The lowest BCUT2D eigenvalue weighted by Gasteiger charge is -2.12. The minimum absolute atomic E-state index is 0.203. The predicted molar refractivity (Wildman–Crippen MR) is 105 cm³/mol. The molecule has 1 amide bonds. The molecule has 0 saturated carbocycles.